The van der Waals surface area contributed by atoms with Crippen LogP contribution in [0.15, 0.2) is 49.1 Å². The van der Waals surface area contributed by atoms with Crippen LogP contribution < -0.4 is 10.3 Å². The van der Waals surface area contributed by atoms with E-state index in [1.54, 1.807) is 34.0 Å². The van der Waals surface area contributed by atoms with Gasteiger partial charge in [0.05, 0.1) is 48.0 Å². The van der Waals surface area contributed by atoms with Crippen molar-refractivity contribution in [2.45, 2.75) is 108 Å². The number of nitrogens with zero attached hydrogens (tertiary/aromatic N) is 10. The number of aromatic nitrogens is 7. The van der Waals surface area contributed by atoms with Gasteiger partial charge in [0.1, 0.15) is 23.9 Å². The Hall–Kier alpha value is -5.61. The number of hydrogen-bond donors (Lipinski definition) is 1. The average Bonchev–Trinajstić information content (AvgIpc) is 4.08. The fourth-order valence-corrected chi connectivity index (χ4v) is 10.3. The van der Waals surface area contributed by atoms with Gasteiger partial charge in [0.15, 0.2) is 11.3 Å². The second kappa shape index (κ2) is 17.5. The van der Waals surface area contributed by atoms with Crippen LogP contribution in [0.2, 0.25) is 0 Å². The third-order valence-corrected chi connectivity index (χ3v) is 13.5. The Morgan fingerprint density at radius 1 is 1.02 bits per heavy atom. The summed E-state index contributed by atoms with van der Waals surface area (Å²) in [5, 5.41) is 20.0. The smallest absolute Gasteiger partial charge is 0.284 e. The number of anilines is 1. The fraction of sp³-hybridized carbons (Fsp3) is 0.533. The van der Waals surface area contributed by atoms with Gasteiger partial charge in [0, 0.05) is 62.5 Å². The van der Waals surface area contributed by atoms with Gasteiger partial charge < -0.3 is 14.4 Å². The Morgan fingerprint density at radius 2 is 1.81 bits per heavy atom. The molecule has 63 heavy (non-hydrogen) atoms. The van der Waals surface area contributed by atoms with Crippen LogP contribution in [-0.2, 0) is 19.1 Å². The molecule has 5 fully saturated rings. The topological polar surface area (TPSA) is 157 Å². The second-order valence-electron chi connectivity index (χ2n) is 17.6. The van der Waals surface area contributed by atoms with E-state index in [1.807, 2.05) is 30.1 Å². The summed E-state index contributed by atoms with van der Waals surface area (Å²) in [6.07, 6.45) is 11.2. The summed E-state index contributed by atoms with van der Waals surface area (Å²) in [6.45, 7) is 5.89. The number of rotatable bonds is 10. The molecule has 0 radical (unpaired) electrons. The standard InChI is InChI=1S/C45H51F2N11O5/c1-28-40-30(5-2-7-36(40)57(51-28)37-14-15-39(59)50-44(37)60)6-3-22-62-32-16-20-53(21-17-32)24-29-8-10-31(11-9-29)56-27-38(41(52-56)42(46)47)58(54-25-33-12-13-34(26-54)63-33)45(61)35-23-49-55-19-4-18-48-43(35)55/h2,4-5,7,18-19,23,27,29,31-34,37,42H,8-17,20-22,24-26H2,1H3,(H,50,59,60)/t29?,31?,33-,34-,37-/m1/s1. The molecule has 0 spiro atoms. The first kappa shape index (κ1) is 41.4. The van der Waals surface area contributed by atoms with Crippen LogP contribution in [0.5, 0.6) is 0 Å². The Kier molecular flexibility index (Phi) is 11.5. The van der Waals surface area contributed by atoms with Crippen molar-refractivity contribution in [3.05, 3.63) is 71.6 Å². The molecule has 5 aliphatic rings. The van der Waals surface area contributed by atoms with E-state index in [9.17, 15) is 23.2 Å². The SMILES string of the molecule is Cc1nn([C@@H]2CCC(=O)NC2=O)c2cccc(C#CCOC3CCN(CC4CCC(n5cc(N(C(=O)c6cnn7cccnc67)N6C[C@H]7CC[C@H](C6)O7)c(C(F)F)n5)CC4)CC3)c12. The number of hydrogen-bond acceptors (Lipinski definition) is 11. The number of carbonyl (C=O) groups is 3. The van der Waals surface area contributed by atoms with E-state index in [1.165, 1.54) is 15.7 Å². The number of halogens is 2. The molecule has 3 atom stereocenters. The van der Waals surface area contributed by atoms with Crippen molar-refractivity contribution in [1.29, 1.82) is 0 Å². The molecular weight excluding hydrogens is 813 g/mol. The summed E-state index contributed by atoms with van der Waals surface area (Å²) >= 11 is 0. The first-order chi connectivity index (χ1) is 30.7. The van der Waals surface area contributed by atoms with Crippen molar-refractivity contribution in [3.63, 3.8) is 0 Å². The van der Waals surface area contributed by atoms with Crippen LogP contribution >= 0.6 is 0 Å². The van der Waals surface area contributed by atoms with Crippen LogP contribution in [-0.4, -0.2) is 119 Å². The first-order valence-corrected chi connectivity index (χ1v) is 22.2. The zero-order valence-electron chi connectivity index (χ0n) is 35.2. The molecule has 8 heterocycles. The lowest BCUT2D eigenvalue weighted by atomic mass is 9.85. The lowest BCUT2D eigenvalue weighted by Crippen LogP contribution is -2.55. The summed E-state index contributed by atoms with van der Waals surface area (Å²) in [5.74, 6) is 5.89. The molecule has 4 aliphatic heterocycles. The van der Waals surface area contributed by atoms with Gasteiger partial charge in [-0.15, -0.1) is 0 Å². The van der Waals surface area contributed by atoms with Gasteiger partial charge in [-0.05, 0) is 88.8 Å². The van der Waals surface area contributed by atoms with Gasteiger partial charge in [0.25, 0.3) is 18.2 Å². The maximum absolute atomic E-state index is 14.9. The van der Waals surface area contributed by atoms with Crippen molar-refractivity contribution in [3.8, 4) is 11.8 Å². The van der Waals surface area contributed by atoms with Gasteiger partial charge in [-0.25, -0.2) is 28.3 Å². The molecule has 3 amide bonds. The highest BCUT2D eigenvalue weighted by molar-refractivity contribution is 6.09. The quantitative estimate of drug-likeness (QED) is 0.146. The van der Waals surface area contributed by atoms with Crippen LogP contribution in [0.3, 0.4) is 0 Å². The molecule has 1 aliphatic carbocycles. The molecule has 1 saturated carbocycles. The number of alkyl halides is 2. The number of likely N-dealkylation sites (tertiary alicyclic amines) is 1. The van der Waals surface area contributed by atoms with Crippen molar-refractivity contribution in [2.75, 3.05) is 44.3 Å². The minimum atomic E-state index is -2.88. The Bertz CT molecular complexity index is 2570. The summed E-state index contributed by atoms with van der Waals surface area (Å²) in [7, 11) is 0. The number of fused-ring (bicyclic) bond motifs is 4. The number of imide groups is 1. The summed E-state index contributed by atoms with van der Waals surface area (Å²) in [5.41, 5.74) is 2.70. The Balaban J connectivity index is 0.738. The predicted molar refractivity (Wildman–Crippen MR) is 226 cm³/mol. The zero-order chi connectivity index (χ0) is 43.2. The summed E-state index contributed by atoms with van der Waals surface area (Å²) < 4.78 is 46.9. The van der Waals surface area contributed by atoms with Crippen molar-refractivity contribution in [1.82, 2.24) is 49.4 Å². The lowest BCUT2D eigenvalue weighted by molar-refractivity contribution is -0.135. The molecule has 1 aromatic carbocycles. The molecule has 16 nitrogen and oxygen atoms in total. The van der Waals surface area contributed by atoms with E-state index < -0.39 is 24.1 Å². The third-order valence-electron chi connectivity index (χ3n) is 13.5. The van der Waals surface area contributed by atoms with E-state index >= 15 is 0 Å². The number of piperidine rings is 2. The Labute approximate surface area is 362 Å². The average molecular weight is 864 g/mol. The van der Waals surface area contributed by atoms with E-state index in [-0.39, 0.29) is 53.8 Å². The Morgan fingerprint density at radius 3 is 2.57 bits per heavy atom. The maximum Gasteiger partial charge on any atom is 0.284 e. The van der Waals surface area contributed by atoms with E-state index in [4.69, 9.17) is 9.47 Å². The molecule has 5 aromatic rings. The summed E-state index contributed by atoms with van der Waals surface area (Å²) in [6, 6.07) is 6.92. The van der Waals surface area contributed by atoms with Crippen molar-refractivity contribution >= 4 is 40.0 Å². The van der Waals surface area contributed by atoms with Gasteiger partial charge in [-0.3, -0.25) is 29.1 Å². The number of ether oxygens (including phenoxy) is 2. The number of carbonyl (C=O) groups excluding carboxylic acids is 3. The number of benzene rings is 1. The van der Waals surface area contributed by atoms with Gasteiger partial charge >= 0.3 is 0 Å². The lowest BCUT2D eigenvalue weighted by Gasteiger charge is -2.39. The molecule has 0 unspecified atom stereocenters. The molecule has 4 aromatic heterocycles. The highest BCUT2D eigenvalue weighted by atomic mass is 19.3. The highest BCUT2D eigenvalue weighted by Crippen LogP contribution is 2.39. The van der Waals surface area contributed by atoms with Crippen LogP contribution in [0, 0.1) is 24.7 Å². The maximum atomic E-state index is 14.9. The third kappa shape index (κ3) is 8.34. The molecule has 10 rings (SSSR count). The number of nitrogens with one attached hydrogen (secondary N) is 1. The van der Waals surface area contributed by atoms with Crippen LogP contribution in [0.1, 0.15) is 110 Å². The monoisotopic (exact) mass is 863 g/mol. The van der Waals surface area contributed by atoms with Gasteiger partial charge in [-0.1, -0.05) is 17.9 Å². The van der Waals surface area contributed by atoms with Crippen LogP contribution in [0.4, 0.5) is 14.5 Å². The molecule has 4 saturated heterocycles. The minimum Gasteiger partial charge on any atom is -0.372 e. The zero-order valence-corrected chi connectivity index (χ0v) is 35.2. The van der Waals surface area contributed by atoms with Crippen molar-refractivity contribution in [2.24, 2.45) is 5.92 Å². The highest BCUT2D eigenvalue weighted by Gasteiger charge is 2.41. The van der Waals surface area contributed by atoms with E-state index in [0.717, 1.165) is 93.2 Å². The van der Waals surface area contributed by atoms with Gasteiger partial charge in [0.2, 0.25) is 5.91 Å². The number of amides is 3. The van der Waals surface area contributed by atoms with Gasteiger partial charge in [-0.2, -0.15) is 15.3 Å². The molecule has 1 N–H and O–H groups in total. The minimum absolute atomic E-state index is 0.0540. The largest absolute Gasteiger partial charge is 0.372 e. The number of morpholine rings is 1. The molecular formula is C45H51F2N11O5. The number of hydrazine groups is 1. The molecule has 330 valence electrons. The van der Waals surface area contributed by atoms with E-state index in [2.05, 4.69) is 42.3 Å². The first-order valence-electron chi connectivity index (χ1n) is 22.2. The molecule has 2 bridgehead atoms. The van der Waals surface area contributed by atoms with Crippen molar-refractivity contribution < 1.29 is 32.6 Å². The predicted octanol–water partition coefficient (Wildman–Crippen LogP) is 5.19. The van der Waals surface area contributed by atoms with Crippen LogP contribution in [0.25, 0.3) is 16.6 Å². The molecule has 18 heteroatoms. The number of aryl methyl sites for hydroxylation is 1. The second-order valence-corrected chi connectivity index (χ2v) is 17.6. The van der Waals surface area contributed by atoms with E-state index in [0.29, 0.717) is 37.7 Å². The normalized spacial score (nSPS) is 24.9. The fourth-order valence-electron chi connectivity index (χ4n) is 10.3. The summed E-state index contributed by atoms with van der Waals surface area (Å²) in [4.78, 5) is 45.6.